The van der Waals surface area contributed by atoms with Gasteiger partial charge in [0, 0.05) is 17.1 Å². The Bertz CT molecular complexity index is 1710. The fraction of sp³-hybridized carbons (Fsp3) is 0.115. The lowest BCUT2D eigenvalue weighted by molar-refractivity contribution is 0.102. The van der Waals surface area contributed by atoms with Gasteiger partial charge in [-0.1, -0.05) is 60.5 Å². The zero-order chi connectivity index (χ0) is 27.6. The van der Waals surface area contributed by atoms with Crippen molar-refractivity contribution in [3.05, 3.63) is 81.8 Å². The molecule has 0 bridgehead atoms. The predicted octanol–water partition coefficient (Wildman–Crippen LogP) is 7.34. The van der Waals surface area contributed by atoms with Crippen LogP contribution in [0.2, 0.25) is 10.0 Å². The van der Waals surface area contributed by atoms with Crippen LogP contribution in [0, 0.1) is 0 Å². The highest BCUT2D eigenvalue weighted by molar-refractivity contribution is 7.86. The number of nitrogens with one attached hydrogen (secondary N) is 1. The molecule has 0 atom stereocenters. The molecule has 4 rings (SSSR count). The summed E-state index contributed by atoms with van der Waals surface area (Å²) in [5.41, 5.74) is 0.442. The monoisotopic (exact) mass is 573 g/mol. The summed E-state index contributed by atoms with van der Waals surface area (Å²) in [5.74, 6) is -0.803. The van der Waals surface area contributed by atoms with E-state index in [9.17, 15) is 22.9 Å². The van der Waals surface area contributed by atoms with Crippen molar-refractivity contribution in [1.29, 1.82) is 0 Å². The lowest BCUT2D eigenvalue weighted by Crippen LogP contribution is -2.12. The maximum absolute atomic E-state index is 13.2. The van der Waals surface area contributed by atoms with E-state index in [2.05, 4.69) is 15.5 Å². The van der Waals surface area contributed by atoms with Gasteiger partial charge in [0.15, 0.2) is 5.75 Å². The Morgan fingerprint density at radius 1 is 1.03 bits per heavy atom. The Labute approximate surface area is 228 Å². The number of rotatable bonds is 7. The van der Waals surface area contributed by atoms with Gasteiger partial charge in [-0.3, -0.25) is 9.35 Å². The molecular formula is C26H21Cl2N3O6S. The third-order valence-corrected chi connectivity index (χ3v) is 7.34. The molecule has 0 aromatic heterocycles. The summed E-state index contributed by atoms with van der Waals surface area (Å²) in [5, 5.41) is 23.2. The fourth-order valence-electron chi connectivity index (χ4n) is 3.79. The summed E-state index contributed by atoms with van der Waals surface area (Å²) in [4.78, 5) is 12.6. The molecule has 0 saturated carbocycles. The smallest absolute Gasteiger partial charge is 0.296 e. The quantitative estimate of drug-likeness (QED) is 0.156. The summed E-state index contributed by atoms with van der Waals surface area (Å²) in [7, 11) is -3.25. The van der Waals surface area contributed by atoms with Crippen LogP contribution in [0.5, 0.6) is 11.5 Å². The van der Waals surface area contributed by atoms with Crippen LogP contribution in [-0.4, -0.2) is 31.1 Å². The number of ether oxygens (including phenoxy) is 1. The van der Waals surface area contributed by atoms with Gasteiger partial charge >= 0.3 is 0 Å². The second-order valence-corrected chi connectivity index (χ2v) is 10.2. The molecule has 12 heteroatoms. The number of methoxy groups -OCH3 is 1. The minimum absolute atomic E-state index is 0.0132. The molecule has 0 aliphatic carbocycles. The molecule has 38 heavy (non-hydrogen) atoms. The van der Waals surface area contributed by atoms with Gasteiger partial charge < -0.3 is 15.2 Å². The van der Waals surface area contributed by atoms with Gasteiger partial charge in [0.2, 0.25) is 0 Å². The third kappa shape index (κ3) is 5.44. The van der Waals surface area contributed by atoms with Crippen molar-refractivity contribution in [2.24, 2.45) is 10.2 Å². The Hall–Kier alpha value is -3.70. The SMILES string of the molecule is CCc1ccc(S(=O)(=O)O)c(N=Nc2c(O)c(C(=O)Nc3ccc(Cl)c(OC)c3)cc3ccccc23)c1Cl. The number of benzene rings is 4. The molecule has 0 saturated heterocycles. The fourth-order valence-corrected chi connectivity index (χ4v) is 5.00. The largest absolute Gasteiger partial charge is 0.505 e. The van der Waals surface area contributed by atoms with Crippen LogP contribution in [0.4, 0.5) is 17.1 Å². The van der Waals surface area contributed by atoms with E-state index in [0.717, 1.165) is 0 Å². The number of hydrogen-bond donors (Lipinski definition) is 3. The van der Waals surface area contributed by atoms with Gasteiger partial charge in [-0.2, -0.15) is 8.42 Å². The number of phenols is 1. The first-order valence-corrected chi connectivity index (χ1v) is 13.3. The van der Waals surface area contributed by atoms with E-state index in [0.29, 0.717) is 39.2 Å². The number of carbonyl (C=O) groups is 1. The number of hydrogen-bond acceptors (Lipinski definition) is 7. The number of carbonyl (C=O) groups excluding carboxylic acids is 1. The molecule has 0 aliphatic rings. The van der Waals surface area contributed by atoms with Crippen LogP contribution in [0.25, 0.3) is 10.8 Å². The number of anilines is 1. The number of aromatic hydroxyl groups is 1. The zero-order valence-corrected chi connectivity index (χ0v) is 22.4. The van der Waals surface area contributed by atoms with Crippen LogP contribution >= 0.6 is 23.2 Å². The number of halogens is 2. The molecule has 1 amide bonds. The number of azo groups is 1. The van der Waals surface area contributed by atoms with Crippen LogP contribution in [0.3, 0.4) is 0 Å². The lowest BCUT2D eigenvalue weighted by Gasteiger charge is -2.12. The molecule has 0 unspecified atom stereocenters. The summed E-state index contributed by atoms with van der Waals surface area (Å²) in [6.07, 6.45) is 0.465. The van der Waals surface area contributed by atoms with Crippen molar-refractivity contribution in [1.82, 2.24) is 0 Å². The van der Waals surface area contributed by atoms with Crippen molar-refractivity contribution >= 4 is 67.1 Å². The third-order valence-electron chi connectivity index (χ3n) is 5.72. The first kappa shape index (κ1) is 27.3. The van der Waals surface area contributed by atoms with Gasteiger partial charge in [0.25, 0.3) is 16.0 Å². The van der Waals surface area contributed by atoms with Crippen LogP contribution in [0.1, 0.15) is 22.8 Å². The summed E-state index contributed by atoms with van der Waals surface area (Å²) < 4.78 is 38.8. The average Bonchev–Trinajstić information content (AvgIpc) is 2.88. The van der Waals surface area contributed by atoms with Crippen molar-refractivity contribution < 1.29 is 27.6 Å². The molecule has 0 aliphatic heterocycles. The Morgan fingerprint density at radius 2 is 1.74 bits per heavy atom. The molecule has 4 aromatic rings. The second kappa shape index (κ2) is 11.0. The number of aryl methyl sites for hydroxylation is 1. The highest BCUT2D eigenvalue weighted by Gasteiger charge is 2.22. The number of phenolic OH excluding ortho intramolecular Hbond substituents is 1. The van der Waals surface area contributed by atoms with E-state index < -0.39 is 26.7 Å². The van der Waals surface area contributed by atoms with Crippen LogP contribution in [0.15, 0.2) is 75.8 Å². The molecule has 0 fully saturated rings. The number of fused-ring (bicyclic) bond motifs is 1. The molecule has 0 radical (unpaired) electrons. The first-order valence-electron chi connectivity index (χ1n) is 11.1. The van der Waals surface area contributed by atoms with Gasteiger partial charge in [0.05, 0.1) is 22.7 Å². The molecule has 0 heterocycles. The maximum atomic E-state index is 13.2. The topological polar surface area (TPSA) is 138 Å². The normalized spacial score (nSPS) is 11.7. The first-order chi connectivity index (χ1) is 18.0. The summed E-state index contributed by atoms with van der Waals surface area (Å²) in [6, 6.07) is 15.6. The Morgan fingerprint density at radius 3 is 2.42 bits per heavy atom. The molecule has 4 aromatic carbocycles. The predicted molar refractivity (Wildman–Crippen MR) is 146 cm³/mol. The van der Waals surface area contributed by atoms with Gasteiger partial charge in [-0.05, 0) is 41.6 Å². The number of amides is 1. The van der Waals surface area contributed by atoms with E-state index in [4.69, 9.17) is 27.9 Å². The molecule has 9 nitrogen and oxygen atoms in total. The standard InChI is InChI=1S/C26H21Cl2N3O6S/c1-3-14-8-11-21(38(34,35)36)24(22(14)28)31-30-23-17-7-5-4-6-15(17)12-18(25(23)32)26(33)29-16-9-10-19(27)20(13-16)37-2/h4-13,32H,3H2,1-2H3,(H,29,33)(H,34,35,36). The zero-order valence-electron chi connectivity index (χ0n) is 20.1. The molecule has 196 valence electrons. The van der Waals surface area contributed by atoms with E-state index in [1.807, 2.05) is 6.92 Å². The highest BCUT2D eigenvalue weighted by Crippen LogP contribution is 2.42. The maximum Gasteiger partial charge on any atom is 0.296 e. The van der Waals surface area contributed by atoms with Gasteiger partial charge in [0.1, 0.15) is 22.0 Å². The number of nitrogens with zero attached hydrogens (tertiary/aromatic N) is 2. The van der Waals surface area contributed by atoms with Crippen LogP contribution < -0.4 is 10.1 Å². The molecule has 0 spiro atoms. The van der Waals surface area contributed by atoms with Crippen molar-refractivity contribution in [3.8, 4) is 11.5 Å². The highest BCUT2D eigenvalue weighted by atomic mass is 35.5. The van der Waals surface area contributed by atoms with Crippen LogP contribution in [-0.2, 0) is 16.5 Å². The molecule has 3 N–H and O–H groups in total. The van der Waals surface area contributed by atoms with E-state index in [1.54, 1.807) is 36.4 Å². The van der Waals surface area contributed by atoms with E-state index >= 15 is 0 Å². The van der Waals surface area contributed by atoms with Gasteiger partial charge in [-0.25, -0.2) is 0 Å². The Balaban J connectivity index is 1.85. The summed E-state index contributed by atoms with van der Waals surface area (Å²) >= 11 is 12.4. The van der Waals surface area contributed by atoms with E-state index in [1.165, 1.54) is 31.4 Å². The summed E-state index contributed by atoms with van der Waals surface area (Å²) in [6.45, 7) is 1.81. The van der Waals surface area contributed by atoms with Crippen molar-refractivity contribution in [3.63, 3.8) is 0 Å². The second-order valence-electron chi connectivity index (χ2n) is 8.06. The minimum Gasteiger partial charge on any atom is -0.505 e. The van der Waals surface area contributed by atoms with Crippen molar-refractivity contribution in [2.45, 2.75) is 18.2 Å². The Kier molecular flexibility index (Phi) is 7.89. The van der Waals surface area contributed by atoms with Gasteiger partial charge in [-0.15, -0.1) is 10.2 Å². The molecular weight excluding hydrogens is 553 g/mol. The van der Waals surface area contributed by atoms with Crippen molar-refractivity contribution in [2.75, 3.05) is 12.4 Å². The average molecular weight is 574 g/mol. The minimum atomic E-state index is -4.69. The lowest BCUT2D eigenvalue weighted by atomic mass is 10.0. The van der Waals surface area contributed by atoms with E-state index in [-0.39, 0.29) is 22.0 Å².